The van der Waals surface area contributed by atoms with Crippen LogP contribution in [0, 0.1) is 5.92 Å². The Morgan fingerprint density at radius 2 is 2.15 bits per heavy atom. The van der Waals surface area contributed by atoms with Gasteiger partial charge in [0.25, 0.3) is 0 Å². The van der Waals surface area contributed by atoms with Crippen molar-refractivity contribution in [1.82, 2.24) is 9.80 Å². The Kier molecular flexibility index (Phi) is 5.49. The van der Waals surface area contributed by atoms with Crippen molar-refractivity contribution in [2.75, 3.05) is 33.7 Å². The molecule has 2 rings (SSSR count). The Balaban J connectivity index is 2.21. The highest BCUT2D eigenvalue weighted by atomic mass is 79.9. The van der Waals surface area contributed by atoms with E-state index in [1.807, 2.05) is 12.1 Å². The van der Waals surface area contributed by atoms with Gasteiger partial charge in [-0.2, -0.15) is 0 Å². The second kappa shape index (κ2) is 6.75. The fourth-order valence-corrected chi connectivity index (χ4v) is 4.10. The van der Waals surface area contributed by atoms with Gasteiger partial charge in [0.05, 0.1) is 0 Å². The molecule has 0 amide bonds. The highest BCUT2D eigenvalue weighted by Crippen LogP contribution is 2.33. The number of likely N-dealkylation sites (N-methyl/N-ethyl adjacent to an activating group) is 1. The van der Waals surface area contributed by atoms with E-state index in [0.717, 1.165) is 22.6 Å². The summed E-state index contributed by atoms with van der Waals surface area (Å²) in [4.78, 5) is 4.80. The van der Waals surface area contributed by atoms with Crippen molar-refractivity contribution in [3.63, 3.8) is 0 Å². The third kappa shape index (κ3) is 3.37. The fraction of sp³-hybridized carbons (Fsp3) is 0.600. The molecule has 1 aliphatic heterocycles. The molecule has 20 heavy (non-hydrogen) atoms. The summed E-state index contributed by atoms with van der Waals surface area (Å²) in [7, 11) is 4.31. The first-order valence-electron chi connectivity index (χ1n) is 6.99. The van der Waals surface area contributed by atoms with Crippen LogP contribution >= 0.6 is 27.5 Å². The predicted octanol–water partition coefficient (Wildman–Crippen LogP) is 2.98. The maximum absolute atomic E-state index is 6.05. The van der Waals surface area contributed by atoms with Gasteiger partial charge in [-0.3, -0.25) is 4.90 Å². The summed E-state index contributed by atoms with van der Waals surface area (Å²) in [5.74, 6) is 0.658. The van der Waals surface area contributed by atoms with Crippen molar-refractivity contribution in [2.24, 2.45) is 11.7 Å². The van der Waals surface area contributed by atoms with Gasteiger partial charge in [-0.15, -0.1) is 0 Å². The number of benzene rings is 1. The number of nitrogens with zero attached hydrogens (tertiary/aromatic N) is 2. The monoisotopic (exact) mass is 359 g/mol. The van der Waals surface area contributed by atoms with E-state index in [-0.39, 0.29) is 6.04 Å². The van der Waals surface area contributed by atoms with Crippen LogP contribution in [0.5, 0.6) is 0 Å². The van der Waals surface area contributed by atoms with Crippen LogP contribution in [-0.4, -0.2) is 49.6 Å². The summed E-state index contributed by atoms with van der Waals surface area (Å²) in [5.41, 5.74) is 7.27. The van der Waals surface area contributed by atoms with Crippen LogP contribution in [0.3, 0.4) is 0 Å². The Bertz CT molecular complexity index is 466. The summed E-state index contributed by atoms with van der Waals surface area (Å²) < 4.78 is 1.04. The lowest BCUT2D eigenvalue weighted by Gasteiger charge is -2.29. The maximum Gasteiger partial charge on any atom is 0.0482 e. The second-order valence-electron chi connectivity index (χ2n) is 5.88. The van der Waals surface area contributed by atoms with Gasteiger partial charge >= 0.3 is 0 Å². The molecule has 0 aliphatic carbocycles. The second-order valence-corrected chi connectivity index (χ2v) is 7.17. The molecule has 0 spiro atoms. The molecule has 0 bridgehead atoms. The highest BCUT2D eigenvalue weighted by Gasteiger charge is 2.35. The Hall–Kier alpha value is -0.130. The van der Waals surface area contributed by atoms with Gasteiger partial charge in [0.15, 0.2) is 0 Å². The molecule has 3 atom stereocenters. The number of hydrogen-bond donors (Lipinski definition) is 1. The molecule has 3 unspecified atom stereocenters. The zero-order chi connectivity index (χ0) is 14.9. The number of hydrogen-bond acceptors (Lipinski definition) is 3. The Labute approximate surface area is 135 Å². The lowest BCUT2D eigenvalue weighted by Crippen LogP contribution is -2.36. The average molecular weight is 361 g/mol. The predicted molar refractivity (Wildman–Crippen MR) is 89.2 cm³/mol. The quantitative estimate of drug-likeness (QED) is 0.896. The van der Waals surface area contributed by atoms with Crippen molar-refractivity contribution >= 4 is 27.5 Å². The van der Waals surface area contributed by atoms with Crippen LogP contribution in [-0.2, 0) is 0 Å². The van der Waals surface area contributed by atoms with Crippen LogP contribution in [0.4, 0.5) is 0 Å². The van der Waals surface area contributed by atoms with Gasteiger partial charge in [0, 0.05) is 41.2 Å². The normalized spacial score (nSPS) is 25.4. The molecular formula is C15H23BrClN3. The van der Waals surface area contributed by atoms with Crippen LogP contribution in [0.15, 0.2) is 22.7 Å². The summed E-state index contributed by atoms with van der Waals surface area (Å²) in [6.45, 7) is 5.08. The van der Waals surface area contributed by atoms with Gasteiger partial charge in [-0.25, -0.2) is 0 Å². The van der Waals surface area contributed by atoms with Crippen molar-refractivity contribution < 1.29 is 0 Å². The molecular weight excluding hydrogens is 338 g/mol. The van der Waals surface area contributed by atoms with Crippen molar-refractivity contribution in [3.05, 3.63) is 33.3 Å². The van der Waals surface area contributed by atoms with Crippen molar-refractivity contribution in [3.8, 4) is 0 Å². The first kappa shape index (κ1) is 16.2. The van der Waals surface area contributed by atoms with Gasteiger partial charge in [-0.1, -0.05) is 40.5 Å². The van der Waals surface area contributed by atoms with Crippen LogP contribution in [0.1, 0.15) is 18.5 Å². The number of nitrogens with two attached hydrogens (primary N) is 1. The molecule has 5 heteroatoms. The van der Waals surface area contributed by atoms with E-state index in [9.17, 15) is 0 Å². The largest absolute Gasteiger partial charge is 0.329 e. The zero-order valence-corrected chi connectivity index (χ0v) is 14.7. The molecule has 1 saturated heterocycles. The lowest BCUT2D eigenvalue weighted by atomic mass is 10.1. The van der Waals surface area contributed by atoms with Gasteiger partial charge in [0.1, 0.15) is 0 Å². The Morgan fingerprint density at radius 3 is 2.65 bits per heavy atom. The third-order valence-corrected chi connectivity index (χ3v) is 5.17. The summed E-state index contributed by atoms with van der Waals surface area (Å²) in [6.07, 6.45) is 0. The van der Waals surface area contributed by atoms with Crippen molar-refractivity contribution in [1.29, 1.82) is 0 Å². The molecule has 1 heterocycles. The molecule has 1 aromatic carbocycles. The van der Waals surface area contributed by atoms with E-state index in [1.165, 1.54) is 5.56 Å². The van der Waals surface area contributed by atoms with Crippen LogP contribution in [0.2, 0.25) is 5.02 Å². The molecule has 3 nitrogen and oxygen atoms in total. The van der Waals surface area contributed by atoms with Crippen molar-refractivity contribution in [2.45, 2.75) is 19.0 Å². The minimum Gasteiger partial charge on any atom is -0.329 e. The van der Waals surface area contributed by atoms with E-state index in [2.05, 4.69) is 52.8 Å². The smallest absolute Gasteiger partial charge is 0.0482 e. The standard InChI is InChI=1S/C15H23BrClN3/c1-10-8-20(9-15(10)19(2)3)14(7-18)12-5-4-11(17)6-13(12)16/h4-6,10,14-15H,7-9,18H2,1-3H3. The van der Waals surface area contributed by atoms with E-state index in [0.29, 0.717) is 18.5 Å². The summed E-state index contributed by atoms with van der Waals surface area (Å²) in [5, 5.41) is 0.748. The minimum absolute atomic E-state index is 0.244. The minimum atomic E-state index is 0.244. The molecule has 112 valence electrons. The van der Waals surface area contributed by atoms with E-state index in [1.54, 1.807) is 0 Å². The fourth-order valence-electron chi connectivity index (χ4n) is 3.16. The zero-order valence-electron chi connectivity index (χ0n) is 12.3. The molecule has 0 aromatic heterocycles. The highest BCUT2D eigenvalue weighted by molar-refractivity contribution is 9.10. The van der Waals surface area contributed by atoms with E-state index in [4.69, 9.17) is 17.3 Å². The van der Waals surface area contributed by atoms with Crippen LogP contribution < -0.4 is 5.73 Å². The van der Waals surface area contributed by atoms with E-state index < -0.39 is 0 Å². The SMILES string of the molecule is CC1CN(C(CN)c2ccc(Cl)cc2Br)CC1N(C)C. The molecule has 1 aromatic rings. The van der Waals surface area contributed by atoms with Gasteiger partial charge < -0.3 is 10.6 Å². The first-order valence-corrected chi connectivity index (χ1v) is 8.16. The van der Waals surface area contributed by atoms with Gasteiger partial charge in [-0.05, 0) is 37.7 Å². The topological polar surface area (TPSA) is 32.5 Å². The Morgan fingerprint density at radius 1 is 1.45 bits per heavy atom. The summed E-state index contributed by atoms with van der Waals surface area (Å²) in [6, 6.07) is 6.80. The van der Waals surface area contributed by atoms with Crippen LogP contribution in [0.25, 0.3) is 0 Å². The number of likely N-dealkylation sites (tertiary alicyclic amines) is 1. The lowest BCUT2D eigenvalue weighted by molar-refractivity contribution is 0.219. The molecule has 1 aliphatic rings. The first-order chi connectivity index (χ1) is 9.43. The molecule has 0 radical (unpaired) electrons. The van der Waals surface area contributed by atoms with Gasteiger partial charge in [0.2, 0.25) is 0 Å². The number of halogens is 2. The average Bonchev–Trinajstić information content (AvgIpc) is 2.75. The van der Waals surface area contributed by atoms with E-state index >= 15 is 0 Å². The third-order valence-electron chi connectivity index (χ3n) is 4.25. The number of rotatable bonds is 4. The maximum atomic E-state index is 6.05. The molecule has 1 fully saturated rings. The summed E-state index contributed by atoms with van der Waals surface area (Å²) >= 11 is 9.65. The molecule has 2 N–H and O–H groups in total. The molecule has 0 saturated carbocycles.